The third-order valence-electron chi connectivity index (χ3n) is 3.49. The summed E-state index contributed by atoms with van der Waals surface area (Å²) in [6.07, 6.45) is 7.06. The quantitative estimate of drug-likeness (QED) is 0.674. The summed E-state index contributed by atoms with van der Waals surface area (Å²) in [4.78, 5) is 0. The minimum atomic E-state index is 0.545. The molecule has 0 radical (unpaired) electrons. The lowest BCUT2D eigenvalue weighted by Gasteiger charge is -2.26. The van der Waals surface area contributed by atoms with Crippen LogP contribution in [0.25, 0.3) is 0 Å². The zero-order valence-corrected chi connectivity index (χ0v) is 11.3. The molecule has 0 amide bonds. The molecule has 0 heterocycles. The summed E-state index contributed by atoms with van der Waals surface area (Å²) in [6, 6.07) is 0. The Balaban J connectivity index is 1.87. The van der Waals surface area contributed by atoms with Gasteiger partial charge in [-0.25, -0.2) is 0 Å². The van der Waals surface area contributed by atoms with E-state index in [-0.39, 0.29) is 0 Å². The predicted molar refractivity (Wildman–Crippen MR) is 69.7 cm³/mol. The molecule has 0 aromatic rings. The highest BCUT2D eigenvalue weighted by Crippen LogP contribution is 2.25. The van der Waals surface area contributed by atoms with Crippen LogP contribution in [0.3, 0.4) is 0 Å². The van der Waals surface area contributed by atoms with Crippen molar-refractivity contribution in [3.05, 3.63) is 0 Å². The molecule has 1 fully saturated rings. The Morgan fingerprint density at radius 3 is 2.44 bits per heavy atom. The van der Waals surface area contributed by atoms with E-state index < -0.39 is 0 Å². The van der Waals surface area contributed by atoms with Crippen molar-refractivity contribution in [1.82, 2.24) is 5.32 Å². The number of hydrogen-bond acceptors (Lipinski definition) is 2. The molecule has 1 rings (SSSR count). The van der Waals surface area contributed by atoms with Gasteiger partial charge in [0.2, 0.25) is 0 Å². The van der Waals surface area contributed by atoms with Gasteiger partial charge in [0.1, 0.15) is 0 Å². The first-order valence-electron chi connectivity index (χ1n) is 7.00. The van der Waals surface area contributed by atoms with Crippen LogP contribution in [0.4, 0.5) is 0 Å². The number of hydrogen-bond donors (Lipinski definition) is 1. The molecule has 0 aromatic heterocycles. The van der Waals surface area contributed by atoms with Crippen molar-refractivity contribution in [3.63, 3.8) is 0 Å². The van der Waals surface area contributed by atoms with E-state index in [1.165, 1.54) is 32.1 Å². The molecule has 0 bridgehead atoms. The van der Waals surface area contributed by atoms with Crippen LogP contribution in [-0.2, 0) is 4.74 Å². The number of nitrogens with one attached hydrogen (secondary N) is 1. The second kappa shape index (κ2) is 8.08. The maximum absolute atomic E-state index is 5.88. The lowest BCUT2D eigenvalue weighted by Crippen LogP contribution is -2.26. The van der Waals surface area contributed by atoms with Crippen LogP contribution in [-0.4, -0.2) is 25.8 Å². The first-order chi connectivity index (χ1) is 7.68. The lowest BCUT2D eigenvalue weighted by molar-refractivity contribution is 0.0216. The van der Waals surface area contributed by atoms with Gasteiger partial charge in [-0.2, -0.15) is 0 Å². The monoisotopic (exact) mass is 227 g/mol. The molecule has 0 aromatic carbocycles. The van der Waals surface area contributed by atoms with E-state index in [0.717, 1.165) is 31.5 Å². The molecule has 0 aliphatic heterocycles. The van der Waals surface area contributed by atoms with Gasteiger partial charge in [0.05, 0.1) is 12.7 Å². The Kier molecular flexibility index (Phi) is 7.06. The molecule has 1 aliphatic carbocycles. The van der Waals surface area contributed by atoms with Crippen LogP contribution in [0, 0.1) is 11.8 Å². The fourth-order valence-electron chi connectivity index (χ4n) is 2.21. The standard InChI is InChI=1S/C14H29NO/c1-12(2)8-9-15-10-11-16-14-6-4-13(3)5-7-14/h12-15H,4-11H2,1-3H3. The second-order valence-corrected chi connectivity index (χ2v) is 5.69. The minimum Gasteiger partial charge on any atom is -0.377 e. The predicted octanol–water partition coefficient (Wildman–Crippen LogP) is 3.22. The molecule has 1 saturated carbocycles. The van der Waals surface area contributed by atoms with Crippen LogP contribution in [0.15, 0.2) is 0 Å². The lowest BCUT2D eigenvalue weighted by atomic mass is 9.89. The van der Waals surface area contributed by atoms with Crippen molar-refractivity contribution < 1.29 is 4.74 Å². The van der Waals surface area contributed by atoms with E-state index in [1.807, 2.05) is 0 Å². The highest BCUT2D eigenvalue weighted by molar-refractivity contribution is 4.70. The average Bonchev–Trinajstić information content (AvgIpc) is 2.25. The zero-order valence-electron chi connectivity index (χ0n) is 11.3. The Bertz CT molecular complexity index is 162. The fraction of sp³-hybridized carbons (Fsp3) is 1.00. The summed E-state index contributed by atoms with van der Waals surface area (Å²) >= 11 is 0. The summed E-state index contributed by atoms with van der Waals surface area (Å²) < 4.78 is 5.88. The molecular formula is C14H29NO. The van der Waals surface area contributed by atoms with E-state index >= 15 is 0 Å². The average molecular weight is 227 g/mol. The summed E-state index contributed by atoms with van der Waals surface area (Å²) in [6.45, 7) is 9.91. The van der Waals surface area contributed by atoms with Crippen LogP contribution >= 0.6 is 0 Å². The SMILES string of the molecule is CC(C)CCNCCOC1CCC(C)CC1. The van der Waals surface area contributed by atoms with Crippen LogP contribution in [0.2, 0.25) is 0 Å². The first-order valence-corrected chi connectivity index (χ1v) is 7.00. The molecule has 0 saturated heterocycles. The van der Waals surface area contributed by atoms with Crippen molar-refractivity contribution in [3.8, 4) is 0 Å². The molecule has 1 aliphatic rings. The molecular weight excluding hydrogens is 198 g/mol. The third kappa shape index (κ3) is 6.49. The van der Waals surface area contributed by atoms with Gasteiger partial charge in [0, 0.05) is 6.54 Å². The van der Waals surface area contributed by atoms with E-state index in [9.17, 15) is 0 Å². The van der Waals surface area contributed by atoms with Crippen molar-refractivity contribution >= 4 is 0 Å². The van der Waals surface area contributed by atoms with Crippen LogP contribution in [0.1, 0.15) is 52.9 Å². The normalized spacial score (nSPS) is 26.2. The second-order valence-electron chi connectivity index (χ2n) is 5.69. The van der Waals surface area contributed by atoms with Gasteiger partial charge in [-0.05, 0) is 50.5 Å². The Hall–Kier alpha value is -0.0800. The Morgan fingerprint density at radius 2 is 1.81 bits per heavy atom. The number of rotatable bonds is 7. The van der Waals surface area contributed by atoms with Gasteiger partial charge in [-0.15, -0.1) is 0 Å². The van der Waals surface area contributed by atoms with Crippen LogP contribution in [0.5, 0.6) is 0 Å². The fourth-order valence-corrected chi connectivity index (χ4v) is 2.21. The highest BCUT2D eigenvalue weighted by Gasteiger charge is 2.17. The number of ether oxygens (including phenoxy) is 1. The summed E-state index contributed by atoms with van der Waals surface area (Å²) in [7, 11) is 0. The molecule has 96 valence electrons. The van der Waals surface area contributed by atoms with E-state index in [0.29, 0.717) is 6.10 Å². The largest absolute Gasteiger partial charge is 0.377 e. The van der Waals surface area contributed by atoms with E-state index in [1.54, 1.807) is 0 Å². The molecule has 16 heavy (non-hydrogen) atoms. The van der Waals surface area contributed by atoms with Crippen LogP contribution < -0.4 is 5.32 Å². The molecule has 2 heteroatoms. The molecule has 0 atom stereocenters. The smallest absolute Gasteiger partial charge is 0.0594 e. The van der Waals surface area contributed by atoms with Crippen molar-refractivity contribution in [2.75, 3.05) is 19.7 Å². The highest BCUT2D eigenvalue weighted by atomic mass is 16.5. The maximum Gasteiger partial charge on any atom is 0.0594 e. The first kappa shape index (κ1) is 14.0. The molecule has 2 nitrogen and oxygen atoms in total. The van der Waals surface area contributed by atoms with E-state index in [4.69, 9.17) is 4.74 Å². The summed E-state index contributed by atoms with van der Waals surface area (Å²) in [5.41, 5.74) is 0. The molecule has 0 spiro atoms. The van der Waals surface area contributed by atoms with Gasteiger partial charge in [-0.1, -0.05) is 20.8 Å². The van der Waals surface area contributed by atoms with Crippen molar-refractivity contribution in [1.29, 1.82) is 0 Å². The Morgan fingerprint density at radius 1 is 1.12 bits per heavy atom. The summed E-state index contributed by atoms with van der Waals surface area (Å²) in [5.74, 6) is 1.72. The minimum absolute atomic E-state index is 0.545. The topological polar surface area (TPSA) is 21.3 Å². The van der Waals surface area contributed by atoms with Crippen molar-refractivity contribution in [2.24, 2.45) is 11.8 Å². The third-order valence-corrected chi connectivity index (χ3v) is 3.49. The van der Waals surface area contributed by atoms with Gasteiger partial charge in [0.25, 0.3) is 0 Å². The van der Waals surface area contributed by atoms with Gasteiger partial charge >= 0.3 is 0 Å². The molecule has 1 N–H and O–H groups in total. The Labute approximate surface area is 101 Å². The van der Waals surface area contributed by atoms with E-state index in [2.05, 4.69) is 26.1 Å². The van der Waals surface area contributed by atoms with Gasteiger partial charge in [0.15, 0.2) is 0 Å². The van der Waals surface area contributed by atoms with Gasteiger partial charge in [-0.3, -0.25) is 0 Å². The maximum atomic E-state index is 5.88. The van der Waals surface area contributed by atoms with Gasteiger partial charge < -0.3 is 10.1 Å². The summed E-state index contributed by atoms with van der Waals surface area (Å²) in [5, 5.41) is 3.44. The zero-order chi connectivity index (χ0) is 11.8. The molecule has 0 unspecified atom stereocenters. The van der Waals surface area contributed by atoms with Crippen molar-refractivity contribution in [2.45, 2.75) is 59.0 Å².